The summed E-state index contributed by atoms with van der Waals surface area (Å²) in [6, 6.07) is 23.0. The quantitative estimate of drug-likeness (QED) is 0.451. The number of nitrogens with zero attached hydrogens (tertiary/aromatic N) is 2. The topological polar surface area (TPSA) is 53.4 Å². The molecule has 4 aromatic rings. The Hall–Kier alpha value is -3.60. The summed E-state index contributed by atoms with van der Waals surface area (Å²) in [7, 11) is 1.63. The Kier molecular flexibility index (Phi) is 5.80. The minimum atomic E-state index is -0.0706. The van der Waals surface area contributed by atoms with Gasteiger partial charge in [-0.25, -0.2) is 4.98 Å². The highest BCUT2D eigenvalue weighted by molar-refractivity contribution is 5.79. The predicted octanol–water partition coefficient (Wildman–Crippen LogP) is 4.71. The first-order chi connectivity index (χ1) is 14.7. The van der Waals surface area contributed by atoms with Gasteiger partial charge in [0.2, 0.25) is 0 Å². The van der Waals surface area contributed by atoms with Gasteiger partial charge in [0.1, 0.15) is 23.9 Å². The number of hydrogen-bond donors (Lipinski definition) is 0. The molecule has 0 aliphatic carbocycles. The molecule has 0 aliphatic rings. The summed E-state index contributed by atoms with van der Waals surface area (Å²) in [4.78, 5) is 18.0. The van der Waals surface area contributed by atoms with Crippen molar-refractivity contribution in [2.45, 2.75) is 19.9 Å². The summed E-state index contributed by atoms with van der Waals surface area (Å²) in [5.74, 6) is 2.23. The van der Waals surface area contributed by atoms with Crippen LogP contribution in [0.15, 0.2) is 77.6 Å². The molecule has 30 heavy (non-hydrogen) atoms. The first-order valence-corrected chi connectivity index (χ1v) is 10.1. The second-order valence-corrected chi connectivity index (χ2v) is 6.95. The molecule has 0 fully saturated rings. The number of aryl methyl sites for hydroxylation is 1. The Morgan fingerprint density at radius 3 is 2.43 bits per heavy atom. The van der Waals surface area contributed by atoms with Gasteiger partial charge in [-0.2, -0.15) is 0 Å². The third-order valence-corrected chi connectivity index (χ3v) is 5.14. The van der Waals surface area contributed by atoms with Crippen LogP contribution in [-0.2, 0) is 13.0 Å². The molecule has 0 N–H and O–H groups in total. The van der Waals surface area contributed by atoms with Crippen molar-refractivity contribution >= 4 is 10.9 Å². The summed E-state index contributed by atoms with van der Waals surface area (Å²) in [6.07, 6.45) is 0.894. The van der Waals surface area contributed by atoms with E-state index >= 15 is 0 Å². The fourth-order valence-corrected chi connectivity index (χ4v) is 3.52. The van der Waals surface area contributed by atoms with E-state index in [-0.39, 0.29) is 5.56 Å². The van der Waals surface area contributed by atoms with Crippen molar-refractivity contribution in [1.29, 1.82) is 0 Å². The van der Waals surface area contributed by atoms with Gasteiger partial charge in [0.25, 0.3) is 5.56 Å². The molecule has 0 radical (unpaired) electrons. The van der Waals surface area contributed by atoms with Crippen molar-refractivity contribution in [2.24, 2.45) is 0 Å². The van der Waals surface area contributed by atoms with Gasteiger partial charge in [-0.15, -0.1) is 0 Å². The SMILES string of the molecule is CCc1ccccc1OCCn1c(-c2ccc(OC)cc2)nc2ccccc2c1=O. The van der Waals surface area contributed by atoms with Crippen LogP contribution in [0.25, 0.3) is 22.3 Å². The van der Waals surface area contributed by atoms with Crippen molar-refractivity contribution in [3.05, 3.63) is 88.7 Å². The average molecular weight is 400 g/mol. The summed E-state index contributed by atoms with van der Waals surface area (Å²) >= 11 is 0. The predicted molar refractivity (Wildman–Crippen MR) is 119 cm³/mol. The molecule has 0 saturated heterocycles. The van der Waals surface area contributed by atoms with E-state index in [9.17, 15) is 4.79 Å². The molecule has 0 aliphatic heterocycles. The van der Waals surface area contributed by atoms with Crippen LogP contribution in [0.1, 0.15) is 12.5 Å². The molecule has 0 saturated carbocycles. The fraction of sp³-hybridized carbons (Fsp3) is 0.200. The van der Waals surface area contributed by atoms with Gasteiger partial charge >= 0.3 is 0 Å². The zero-order valence-electron chi connectivity index (χ0n) is 17.2. The van der Waals surface area contributed by atoms with E-state index in [0.29, 0.717) is 29.9 Å². The normalized spacial score (nSPS) is 10.9. The van der Waals surface area contributed by atoms with Gasteiger partial charge in [-0.1, -0.05) is 37.3 Å². The van der Waals surface area contributed by atoms with Crippen LogP contribution in [0.4, 0.5) is 0 Å². The van der Waals surface area contributed by atoms with Crippen LogP contribution in [0.3, 0.4) is 0 Å². The Morgan fingerprint density at radius 1 is 0.933 bits per heavy atom. The van der Waals surface area contributed by atoms with Gasteiger partial charge in [0, 0.05) is 5.56 Å². The highest BCUT2D eigenvalue weighted by Gasteiger charge is 2.13. The second kappa shape index (κ2) is 8.82. The highest BCUT2D eigenvalue weighted by Crippen LogP contribution is 2.22. The van der Waals surface area contributed by atoms with Crippen LogP contribution >= 0.6 is 0 Å². The van der Waals surface area contributed by atoms with Crippen LogP contribution in [-0.4, -0.2) is 23.3 Å². The lowest BCUT2D eigenvalue weighted by molar-refractivity contribution is 0.294. The number of aromatic nitrogens is 2. The molecule has 3 aromatic carbocycles. The summed E-state index contributed by atoms with van der Waals surface area (Å²) < 4.78 is 13.0. The van der Waals surface area contributed by atoms with Crippen molar-refractivity contribution in [2.75, 3.05) is 13.7 Å². The highest BCUT2D eigenvalue weighted by atomic mass is 16.5. The summed E-state index contributed by atoms with van der Waals surface area (Å²) in [6.45, 7) is 2.87. The molecule has 152 valence electrons. The third kappa shape index (κ3) is 3.92. The zero-order chi connectivity index (χ0) is 20.9. The molecule has 0 unspecified atom stereocenters. The van der Waals surface area contributed by atoms with E-state index in [0.717, 1.165) is 29.0 Å². The minimum absolute atomic E-state index is 0.0706. The minimum Gasteiger partial charge on any atom is -0.497 e. The summed E-state index contributed by atoms with van der Waals surface area (Å²) in [5, 5.41) is 0.601. The Bertz CT molecular complexity index is 1210. The first kappa shape index (κ1) is 19.7. The van der Waals surface area contributed by atoms with E-state index in [1.54, 1.807) is 11.7 Å². The van der Waals surface area contributed by atoms with Crippen LogP contribution in [0.2, 0.25) is 0 Å². The van der Waals surface area contributed by atoms with Gasteiger partial charge in [0.15, 0.2) is 0 Å². The molecule has 1 heterocycles. The van der Waals surface area contributed by atoms with Gasteiger partial charge in [-0.05, 0) is 54.4 Å². The van der Waals surface area contributed by atoms with Gasteiger partial charge in [-0.3, -0.25) is 9.36 Å². The Balaban J connectivity index is 1.71. The van der Waals surface area contributed by atoms with Crippen LogP contribution in [0.5, 0.6) is 11.5 Å². The third-order valence-electron chi connectivity index (χ3n) is 5.14. The first-order valence-electron chi connectivity index (χ1n) is 10.1. The van der Waals surface area contributed by atoms with Gasteiger partial charge < -0.3 is 9.47 Å². The maximum Gasteiger partial charge on any atom is 0.261 e. The Labute approximate surface area is 175 Å². The second-order valence-electron chi connectivity index (χ2n) is 6.95. The maximum atomic E-state index is 13.3. The number of rotatable bonds is 7. The zero-order valence-corrected chi connectivity index (χ0v) is 17.2. The van der Waals surface area contributed by atoms with Crippen molar-refractivity contribution < 1.29 is 9.47 Å². The fourth-order valence-electron chi connectivity index (χ4n) is 3.52. The maximum absolute atomic E-state index is 13.3. The lowest BCUT2D eigenvalue weighted by Gasteiger charge is -2.15. The van der Waals surface area contributed by atoms with E-state index in [4.69, 9.17) is 14.5 Å². The standard InChI is InChI=1S/C25H24N2O3/c1-3-18-8-4-7-11-23(18)30-17-16-27-24(19-12-14-20(29-2)15-13-19)26-22-10-6-5-9-21(22)25(27)28/h4-15H,3,16-17H2,1-2H3. The number of benzene rings is 3. The van der Waals surface area contributed by atoms with Crippen LogP contribution < -0.4 is 15.0 Å². The molecule has 1 aromatic heterocycles. The molecule has 0 spiro atoms. The number of fused-ring (bicyclic) bond motifs is 1. The lowest BCUT2D eigenvalue weighted by atomic mass is 10.1. The monoisotopic (exact) mass is 400 g/mol. The molecular weight excluding hydrogens is 376 g/mol. The van der Waals surface area contributed by atoms with Gasteiger partial charge in [0.05, 0.1) is 24.6 Å². The van der Waals surface area contributed by atoms with Crippen molar-refractivity contribution in [3.63, 3.8) is 0 Å². The number of para-hydroxylation sites is 2. The van der Waals surface area contributed by atoms with E-state index in [1.165, 1.54) is 0 Å². The number of methoxy groups -OCH3 is 1. The molecule has 0 atom stereocenters. The molecule has 5 nitrogen and oxygen atoms in total. The smallest absolute Gasteiger partial charge is 0.261 e. The van der Waals surface area contributed by atoms with Crippen molar-refractivity contribution in [1.82, 2.24) is 9.55 Å². The summed E-state index contributed by atoms with van der Waals surface area (Å²) in [5.41, 5.74) is 2.62. The molecule has 0 amide bonds. The Morgan fingerprint density at radius 2 is 1.67 bits per heavy atom. The van der Waals surface area contributed by atoms with E-state index in [1.807, 2.05) is 66.7 Å². The molecule has 0 bridgehead atoms. The average Bonchev–Trinajstić information content (AvgIpc) is 2.80. The molecule has 5 heteroatoms. The molecule has 4 rings (SSSR count). The lowest BCUT2D eigenvalue weighted by Crippen LogP contribution is -2.26. The van der Waals surface area contributed by atoms with E-state index < -0.39 is 0 Å². The largest absolute Gasteiger partial charge is 0.497 e. The molecular formula is C25H24N2O3. The van der Waals surface area contributed by atoms with Crippen LogP contribution in [0, 0.1) is 0 Å². The van der Waals surface area contributed by atoms with E-state index in [2.05, 4.69) is 13.0 Å². The number of hydrogen-bond acceptors (Lipinski definition) is 4. The number of ether oxygens (including phenoxy) is 2. The van der Waals surface area contributed by atoms with Crippen molar-refractivity contribution in [3.8, 4) is 22.9 Å².